The van der Waals surface area contributed by atoms with E-state index in [1.54, 1.807) is 0 Å². The van der Waals surface area contributed by atoms with Crippen molar-refractivity contribution in [1.82, 2.24) is 0 Å². The van der Waals surface area contributed by atoms with Crippen molar-refractivity contribution in [2.45, 2.75) is 59.5 Å². The minimum absolute atomic E-state index is 0.0267. The molecular formula is C19H32O2Si. The molecule has 0 aliphatic carbocycles. The van der Waals surface area contributed by atoms with Gasteiger partial charge in [0.2, 0.25) is 0 Å². The number of rotatable bonds is 5. The fourth-order valence-electron chi connectivity index (χ4n) is 2.55. The van der Waals surface area contributed by atoms with E-state index in [0.717, 1.165) is 10.8 Å². The first kappa shape index (κ1) is 19.1. The molecule has 0 saturated carbocycles. The summed E-state index contributed by atoms with van der Waals surface area (Å²) < 4.78 is 0. The molecule has 0 aliphatic heterocycles. The molecule has 2 N–H and O–H groups in total. The molecule has 22 heavy (non-hydrogen) atoms. The lowest BCUT2D eigenvalue weighted by Gasteiger charge is -2.35. The van der Waals surface area contributed by atoms with E-state index >= 15 is 0 Å². The van der Waals surface area contributed by atoms with Gasteiger partial charge >= 0.3 is 0 Å². The summed E-state index contributed by atoms with van der Waals surface area (Å²) >= 11 is 0. The van der Waals surface area contributed by atoms with Crippen LogP contribution in [0.2, 0.25) is 19.6 Å². The standard InChI is InChI=1S/C19H32O2Si/c1-14(17(20)15-11-9-8-10-12-15)13-16(22(5,6)7)18(21)19(2,3)4/h8-14,17-18,20-21H,1-7H3/b16-13+/t14-,17?,18-/m1/s1. The minimum Gasteiger partial charge on any atom is -0.389 e. The van der Waals surface area contributed by atoms with Gasteiger partial charge in [0.25, 0.3) is 0 Å². The van der Waals surface area contributed by atoms with Crippen molar-refractivity contribution in [3.05, 3.63) is 47.2 Å². The topological polar surface area (TPSA) is 40.5 Å². The zero-order valence-electron chi connectivity index (χ0n) is 15.1. The third kappa shape index (κ3) is 5.08. The summed E-state index contributed by atoms with van der Waals surface area (Å²) in [6.07, 6.45) is 1.10. The van der Waals surface area contributed by atoms with Gasteiger partial charge in [0.1, 0.15) is 0 Å². The number of hydrogen-bond acceptors (Lipinski definition) is 2. The quantitative estimate of drug-likeness (QED) is 0.780. The van der Waals surface area contributed by atoms with Gasteiger partial charge in [-0.1, -0.05) is 88.9 Å². The smallest absolute Gasteiger partial charge is 0.0849 e. The van der Waals surface area contributed by atoms with Crippen molar-refractivity contribution in [3.63, 3.8) is 0 Å². The molecule has 1 rings (SSSR count). The van der Waals surface area contributed by atoms with E-state index in [2.05, 4.69) is 46.5 Å². The van der Waals surface area contributed by atoms with Crippen LogP contribution in [-0.4, -0.2) is 24.4 Å². The van der Waals surface area contributed by atoms with Crippen molar-refractivity contribution < 1.29 is 10.2 Å². The molecule has 3 atom stereocenters. The molecule has 3 heteroatoms. The summed E-state index contributed by atoms with van der Waals surface area (Å²) in [6, 6.07) is 9.73. The lowest BCUT2D eigenvalue weighted by molar-refractivity contribution is 0.0973. The van der Waals surface area contributed by atoms with Crippen LogP contribution in [0.5, 0.6) is 0 Å². The average molecular weight is 321 g/mol. The molecule has 124 valence electrons. The molecule has 0 aromatic heterocycles. The normalized spacial score (nSPS) is 18.0. The van der Waals surface area contributed by atoms with Crippen molar-refractivity contribution in [2.24, 2.45) is 11.3 Å². The molecule has 0 fully saturated rings. The van der Waals surface area contributed by atoms with Crippen LogP contribution in [0.4, 0.5) is 0 Å². The van der Waals surface area contributed by atoms with Gasteiger partial charge in [-0.2, -0.15) is 0 Å². The first-order chi connectivity index (χ1) is 9.94. The van der Waals surface area contributed by atoms with E-state index in [4.69, 9.17) is 0 Å². The van der Waals surface area contributed by atoms with Crippen molar-refractivity contribution in [3.8, 4) is 0 Å². The second-order valence-corrected chi connectivity index (χ2v) is 13.4. The Morgan fingerprint density at radius 1 is 1.05 bits per heavy atom. The number of aliphatic hydroxyl groups is 2. The molecule has 0 amide bonds. The van der Waals surface area contributed by atoms with Crippen LogP contribution < -0.4 is 0 Å². The van der Waals surface area contributed by atoms with Gasteiger partial charge in [0, 0.05) is 5.92 Å². The fraction of sp³-hybridized carbons (Fsp3) is 0.579. The molecule has 1 aromatic rings. The Morgan fingerprint density at radius 2 is 1.55 bits per heavy atom. The minimum atomic E-state index is -1.67. The zero-order valence-corrected chi connectivity index (χ0v) is 16.1. The molecule has 0 heterocycles. The summed E-state index contributed by atoms with van der Waals surface area (Å²) in [7, 11) is -1.67. The first-order valence-corrected chi connectivity index (χ1v) is 11.6. The SMILES string of the molecule is C[C@H](/C=C(\[C@@H](O)C(C)(C)C)[Si](C)(C)C)C(O)c1ccccc1. The van der Waals surface area contributed by atoms with Crippen molar-refractivity contribution in [1.29, 1.82) is 0 Å². The second-order valence-electron chi connectivity index (χ2n) is 8.36. The van der Waals surface area contributed by atoms with Crippen LogP contribution in [0.15, 0.2) is 41.6 Å². The van der Waals surface area contributed by atoms with Gasteiger partial charge in [-0.25, -0.2) is 0 Å². The zero-order chi connectivity index (χ0) is 17.1. The number of hydrogen-bond donors (Lipinski definition) is 2. The van der Waals surface area contributed by atoms with Crippen molar-refractivity contribution in [2.75, 3.05) is 0 Å². The van der Waals surface area contributed by atoms with E-state index in [0.29, 0.717) is 0 Å². The van der Waals surface area contributed by atoms with E-state index in [9.17, 15) is 10.2 Å². The Hall–Kier alpha value is -0.903. The highest BCUT2D eigenvalue weighted by Crippen LogP contribution is 2.33. The maximum absolute atomic E-state index is 10.8. The lowest BCUT2D eigenvalue weighted by Crippen LogP contribution is -2.39. The monoisotopic (exact) mass is 320 g/mol. The van der Waals surface area contributed by atoms with Crippen LogP contribution in [0.25, 0.3) is 0 Å². The predicted octanol–water partition coefficient (Wildman–Crippen LogP) is 4.57. The van der Waals surface area contributed by atoms with E-state index in [1.165, 1.54) is 0 Å². The van der Waals surface area contributed by atoms with Gasteiger partial charge < -0.3 is 10.2 Å². The van der Waals surface area contributed by atoms with Crippen LogP contribution in [-0.2, 0) is 0 Å². The van der Waals surface area contributed by atoms with E-state index < -0.39 is 20.3 Å². The Morgan fingerprint density at radius 3 is 1.95 bits per heavy atom. The van der Waals surface area contributed by atoms with E-state index in [1.807, 2.05) is 37.3 Å². The molecule has 0 bridgehead atoms. The summed E-state index contributed by atoms with van der Waals surface area (Å²) in [4.78, 5) is 0. The van der Waals surface area contributed by atoms with Crippen LogP contribution >= 0.6 is 0 Å². The third-order valence-corrected chi connectivity index (χ3v) is 6.23. The van der Waals surface area contributed by atoms with Gasteiger partial charge in [-0.15, -0.1) is 0 Å². The lowest BCUT2D eigenvalue weighted by atomic mass is 9.87. The maximum Gasteiger partial charge on any atom is 0.0849 e. The molecule has 0 saturated heterocycles. The summed E-state index contributed by atoms with van der Waals surface area (Å²) in [5.41, 5.74) is 0.732. The molecule has 0 spiro atoms. The fourth-order valence-corrected chi connectivity index (χ4v) is 4.56. The van der Waals surface area contributed by atoms with Gasteiger partial charge in [-0.05, 0) is 11.0 Å². The maximum atomic E-state index is 10.8. The summed E-state index contributed by atoms with van der Waals surface area (Å²) in [5, 5.41) is 22.5. The van der Waals surface area contributed by atoms with Crippen LogP contribution in [0.1, 0.15) is 39.4 Å². The Labute approximate surface area is 136 Å². The van der Waals surface area contributed by atoms with Gasteiger partial charge in [0.15, 0.2) is 0 Å². The second kappa shape index (κ2) is 7.11. The number of benzene rings is 1. The average Bonchev–Trinajstić information content (AvgIpc) is 2.41. The van der Waals surface area contributed by atoms with Crippen LogP contribution in [0.3, 0.4) is 0 Å². The van der Waals surface area contributed by atoms with Crippen molar-refractivity contribution >= 4 is 8.07 Å². The molecule has 1 aromatic carbocycles. The van der Waals surface area contributed by atoms with Gasteiger partial charge in [-0.3, -0.25) is 0 Å². The Balaban J connectivity index is 3.12. The highest BCUT2D eigenvalue weighted by Gasteiger charge is 2.34. The first-order valence-electron chi connectivity index (χ1n) is 8.08. The highest BCUT2D eigenvalue weighted by molar-refractivity contribution is 6.83. The molecule has 0 aliphatic rings. The molecule has 2 nitrogen and oxygen atoms in total. The van der Waals surface area contributed by atoms with Gasteiger partial charge in [0.05, 0.1) is 20.3 Å². The molecule has 1 unspecified atom stereocenters. The third-order valence-electron chi connectivity index (χ3n) is 4.06. The van der Waals surface area contributed by atoms with E-state index in [-0.39, 0.29) is 11.3 Å². The molecule has 0 radical (unpaired) electrons. The molecular weight excluding hydrogens is 288 g/mol. The Kier molecular flexibility index (Phi) is 6.19. The highest BCUT2D eigenvalue weighted by atomic mass is 28.3. The van der Waals surface area contributed by atoms with Crippen LogP contribution in [0, 0.1) is 11.3 Å². The predicted molar refractivity (Wildman–Crippen MR) is 97.5 cm³/mol. The summed E-state index contributed by atoms with van der Waals surface area (Å²) in [6.45, 7) is 14.9. The summed E-state index contributed by atoms with van der Waals surface area (Å²) in [5.74, 6) is -0.0267. The Bertz CT molecular complexity index is 494. The number of aliphatic hydroxyl groups excluding tert-OH is 2. The largest absolute Gasteiger partial charge is 0.389 e.